The summed E-state index contributed by atoms with van der Waals surface area (Å²) in [5, 5.41) is 6.79. The maximum absolute atomic E-state index is 4.69. The van der Waals surface area contributed by atoms with Crippen LogP contribution in [-0.4, -0.2) is 34.6 Å². The molecule has 1 saturated heterocycles. The molecule has 2 rings (SSSR count). The highest BCUT2D eigenvalue weighted by Crippen LogP contribution is 2.24. The molecule has 1 aromatic heterocycles. The van der Waals surface area contributed by atoms with Crippen LogP contribution in [0.15, 0.2) is 0 Å². The van der Waals surface area contributed by atoms with Gasteiger partial charge in [0, 0.05) is 30.8 Å². The maximum Gasteiger partial charge on any atom is 0.135 e. The standard InChI is InChI=1S/C14H24N4S/c1-4-6-12-17-13(15-3)10(2)14(18-12)16-11-7-5-8-19-9-11/h11H,4-9H2,1-3H3,(H2,15,16,17,18). The first-order valence-corrected chi connectivity index (χ1v) is 8.29. The van der Waals surface area contributed by atoms with Gasteiger partial charge in [0.1, 0.15) is 17.5 Å². The fourth-order valence-electron chi connectivity index (χ4n) is 2.33. The Bertz CT molecular complexity index is 416. The average molecular weight is 280 g/mol. The first-order valence-electron chi connectivity index (χ1n) is 7.14. The van der Waals surface area contributed by atoms with Gasteiger partial charge in [-0.1, -0.05) is 6.92 Å². The van der Waals surface area contributed by atoms with Crippen LogP contribution in [0.25, 0.3) is 0 Å². The summed E-state index contributed by atoms with van der Waals surface area (Å²) in [4.78, 5) is 9.26. The van der Waals surface area contributed by atoms with Gasteiger partial charge in [0.05, 0.1) is 0 Å². The third kappa shape index (κ3) is 3.75. The number of aryl methyl sites for hydroxylation is 1. The number of hydrogen-bond acceptors (Lipinski definition) is 5. The summed E-state index contributed by atoms with van der Waals surface area (Å²) in [6, 6.07) is 0.548. The zero-order chi connectivity index (χ0) is 13.7. The molecule has 19 heavy (non-hydrogen) atoms. The molecule has 0 spiro atoms. The normalized spacial score (nSPS) is 19.2. The molecule has 1 aliphatic heterocycles. The smallest absolute Gasteiger partial charge is 0.135 e. The molecule has 2 heterocycles. The minimum atomic E-state index is 0.548. The highest BCUT2D eigenvalue weighted by atomic mass is 32.2. The molecule has 2 N–H and O–H groups in total. The Kier molecular flexibility index (Phi) is 5.31. The molecule has 0 radical (unpaired) electrons. The highest BCUT2D eigenvalue weighted by molar-refractivity contribution is 7.99. The molecule has 106 valence electrons. The summed E-state index contributed by atoms with van der Waals surface area (Å²) in [5.41, 5.74) is 1.12. The van der Waals surface area contributed by atoms with Crippen molar-refractivity contribution in [2.24, 2.45) is 0 Å². The Morgan fingerprint density at radius 1 is 1.32 bits per heavy atom. The molecule has 1 atom stereocenters. The van der Waals surface area contributed by atoms with E-state index >= 15 is 0 Å². The van der Waals surface area contributed by atoms with Gasteiger partial charge in [-0.05, 0) is 31.9 Å². The number of nitrogens with one attached hydrogen (secondary N) is 2. The van der Waals surface area contributed by atoms with Crippen molar-refractivity contribution in [1.29, 1.82) is 0 Å². The van der Waals surface area contributed by atoms with Crippen LogP contribution in [0.4, 0.5) is 11.6 Å². The molecule has 0 aliphatic carbocycles. The molecule has 1 fully saturated rings. The van der Waals surface area contributed by atoms with Crippen molar-refractivity contribution in [1.82, 2.24) is 9.97 Å². The molecule has 4 nitrogen and oxygen atoms in total. The number of rotatable bonds is 5. The lowest BCUT2D eigenvalue weighted by Crippen LogP contribution is -2.27. The van der Waals surface area contributed by atoms with E-state index in [2.05, 4.69) is 29.5 Å². The van der Waals surface area contributed by atoms with Crippen molar-refractivity contribution in [3.63, 3.8) is 0 Å². The number of thioether (sulfide) groups is 1. The lowest BCUT2D eigenvalue weighted by Gasteiger charge is -2.24. The number of anilines is 2. The third-order valence-electron chi connectivity index (χ3n) is 3.40. The predicted octanol–water partition coefficient (Wildman–Crippen LogP) is 3.09. The van der Waals surface area contributed by atoms with Crippen molar-refractivity contribution in [2.75, 3.05) is 29.2 Å². The van der Waals surface area contributed by atoms with Gasteiger partial charge < -0.3 is 10.6 Å². The number of hydrogen-bond donors (Lipinski definition) is 2. The monoisotopic (exact) mass is 280 g/mol. The zero-order valence-electron chi connectivity index (χ0n) is 12.1. The molecular weight excluding hydrogens is 256 g/mol. The van der Waals surface area contributed by atoms with Gasteiger partial charge >= 0.3 is 0 Å². The number of nitrogens with zero attached hydrogens (tertiary/aromatic N) is 2. The van der Waals surface area contributed by atoms with Gasteiger partial charge in [0.2, 0.25) is 0 Å². The van der Waals surface area contributed by atoms with Crippen molar-refractivity contribution in [3.05, 3.63) is 11.4 Å². The fraction of sp³-hybridized carbons (Fsp3) is 0.714. The minimum absolute atomic E-state index is 0.548. The summed E-state index contributed by atoms with van der Waals surface area (Å²) >= 11 is 2.03. The van der Waals surface area contributed by atoms with Gasteiger partial charge in [-0.25, -0.2) is 9.97 Å². The van der Waals surface area contributed by atoms with Crippen molar-refractivity contribution >= 4 is 23.4 Å². The van der Waals surface area contributed by atoms with Crippen LogP contribution < -0.4 is 10.6 Å². The van der Waals surface area contributed by atoms with Crippen LogP contribution in [0.5, 0.6) is 0 Å². The Hall–Kier alpha value is -0.970. The molecule has 0 bridgehead atoms. The lowest BCUT2D eigenvalue weighted by molar-refractivity contribution is 0.679. The van der Waals surface area contributed by atoms with Crippen molar-refractivity contribution < 1.29 is 0 Å². The summed E-state index contributed by atoms with van der Waals surface area (Å²) in [7, 11) is 1.92. The molecule has 1 aliphatic rings. The van der Waals surface area contributed by atoms with Gasteiger partial charge in [-0.2, -0.15) is 11.8 Å². The predicted molar refractivity (Wildman–Crippen MR) is 84.3 cm³/mol. The first-order chi connectivity index (χ1) is 9.24. The molecule has 1 unspecified atom stereocenters. The van der Waals surface area contributed by atoms with E-state index in [1.807, 2.05) is 18.8 Å². The second-order valence-corrected chi connectivity index (χ2v) is 6.17. The largest absolute Gasteiger partial charge is 0.373 e. The van der Waals surface area contributed by atoms with E-state index in [-0.39, 0.29) is 0 Å². The summed E-state index contributed by atoms with van der Waals surface area (Å²) in [6.45, 7) is 4.24. The van der Waals surface area contributed by atoms with Gasteiger partial charge in [-0.3, -0.25) is 0 Å². The quantitative estimate of drug-likeness (QED) is 0.868. The second-order valence-electron chi connectivity index (χ2n) is 5.02. The number of aromatic nitrogens is 2. The molecule has 0 aromatic carbocycles. The van der Waals surface area contributed by atoms with Gasteiger partial charge in [0.15, 0.2) is 0 Å². The highest BCUT2D eigenvalue weighted by Gasteiger charge is 2.17. The molecule has 1 aromatic rings. The molecule has 0 amide bonds. The topological polar surface area (TPSA) is 49.8 Å². The van der Waals surface area contributed by atoms with E-state index in [0.717, 1.165) is 35.9 Å². The van der Waals surface area contributed by atoms with E-state index in [4.69, 9.17) is 4.98 Å². The summed E-state index contributed by atoms with van der Waals surface area (Å²) in [6.07, 6.45) is 4.55. The molecule has 5 heteroatoms. The van der Waals surface area contributed by atoms with Gasteiger partial charge in [-0.15, -0.1) is 0 Å². The van der Waals surface area contributed by atoms with Crippen molar-refractivity contribution in [3.8, 4) is 0 Å². The fourth-order valence-corrected chi connectivity index (χ4v) is 3.40. The SMILES string of the molecule is CCCc1nc(NC)c(C)c(NC2CCCSC2)n1. The van der Waals surface area contributed by atoms with Crippen LogP contribution in [0.2, 0.25) is 0 Å². The second kappa shape index (κ2) is 6.98. The minimum Gasteiger partial charge on any atom is -0.373 e. The maximum atomic E-state index is 4.69. The van der Waals surface area contributed by atoms with Crippen LogP contribution >= 0.6 is 11.8 Å². The molecule has 0 saturated carbocycles. The third-order valence-corrected chi connectivity index (χ3v) is 4.62. The Balaban J connectivity index is 2.18. The van der Waals surface area contributed by atoms with Crippen LogP contribution in [0.1, 0.15) is 37.6 Å². The Morgan fingerprint density at radius 3 is 2.74 bits per heavy atom. The molecular formula is C14H24N4S. The van der Waals surface area contributed by atoms with Crippen LogP contribution in [-0.2, 0) is 6.42 Å². The summed E-state index contributed by atoms with van der Waals surface area (Å²) in [5.74, 6) is 5.37. The van der Waals surface area contributed by atoms with E-state index in [0.29, 0.717) is 6.04 Å². The lowest BCUT2D eigenvalue weighted by atomic mass is 10.1. The summed E-state index contributed by atoms with van der Waals surface area (Å²) < 4.78 is 0. The van der Waals surface area contributed by atoms with E-state index in [9.17, 15) is 0 Å². The van der Waals surface area contributed by atoms with Crippen LogP contribution in [0.3, 0.4) is 0 Å². The van der Waals surface area contributed by atoms with E-state index < -0.39 is 0 Å². The van der Waals surface area contributed by atoms with E-state index in [1.54, 1.807) is 0 Å². The average Bonchev–Trinajstić information content (AvgIpc) is 2.43. The van der Waals surface area contributed by atoms with Gasteiger partial charge in [0.25, 0.3) is 0 Å². The Morgan fingerprint density at radius 2 is 2.11 bits per heavy atom. The zero-order valence-corrected chi connectivity index (χ0v) is 12.9. The van der Waals surface area contributed by atoms with Crippen molar-refractivity contribution in [2.45, 2.75) is 45.6 Å². The van der Waals surface area contributed by atoms with E-state index in [1.165, 1.54) is 24.3 Å². The first kappa shape index (κ1) is 14.4. The Labute approximate surface area is 120 Å². The van der Waals surface area contributed by atoms with Crippen LogP contribution in [0, 0.1) is 6.92 Å².